The molecule has 106 valence electrons. The predicted octanol–water partition coefficient (Wildman–Crippen LogP) is 3.32. The minimum absolute atomic E-state index is 0.328. The van der Waals surface area contributed by atoms with Crippen LogP contribution in [0.1, 0.15) is 19.4 Å². The van der Waals surface area contributed by atoms with Gasteiger partial charge in [-0.25, -0.2) is 4.79 Å². The minimum atomic E-state index is -0.328. The van der Waals surface area contributed by atoms with Crippen LogP contribution in [0.4, 0.5) is 0 Å². The van der Waals surface area contributed by atoms with E-state index in [0.717, 1.165) is 11.0 Å². The SMILES string of the molecule is COc1cc(OC)c2cc(CC=C(C)C)c(=O)oc2c1. The van der Waals surface area contributed by atoms with E-state index in [9.17, 15) is 4.79 Å². The van der Waals surface area contributed by atoms with Gasteiger partial charge in [-0.15, -0.1) is 0 Å². The van der Waals surface area contributed by atoms with E-state index in [1.807, 2.05) is 26.0 Å². The molecule has 20 heavy (non-hydrogen) atoms. The summed E-state index contributed by atoms with van der Waals surface area (Å²) in [5.74, 6) is 1.22. The maximum Gasteiger partial charge on any atom is 0.339 e. The van der Waals surface area contributed by atoms with Crippen LogP contribution < -0.4 is 15.1 Å². The van der Waals surface area contributed by atoms with E-state index < -0.39 is 0 Å². The Morgan fingerprint density at radius 1 is 1.20 bits per heavy atom. The van der Waals surface area contributed by atoms with Gasteiger partial charge in [0.15, 0.2) is 0 Å². The van der Waals surface area contributed by atoms with E-state index in [-0.39, 0.29) is 5.63 Å². The number of allylic oxidation sites excluding steroid dienone is 2. The van der Waals surface area contributed by atoms with Gasteiger partial charge in [0.2, 0.25) is 0 Å². The van der Waals surface area contributed by atoms with Crippen LogP contribution in [-0.2, 0) is 6.42 Å². The molecule has 0 bridgehead atoms. The quantitative estimate of drug-likeness (QED) is 0.634. The van der Waals surface area contributed by atoms with Crippen molar-refractivity contribution >= 4 is 11.0 Å². The maximum absolute atomic E-state index is 12.0. The molecule has 0 saturated carbocycles. The highest BCUT2D eigenvalue weighted by Gasteiger charge is 2.11. The van der Waals surface area contributed by atoms with Crippen molar-refractivity contribution < 1.29 is 13.9 Å². The van der Waals surface area contributed by atoms with Crippen LogP contribution in [0, 0.1) is 0 Å². The molecule has 0 spiro atoms. The molecule has 1 aromatic heterocycles. The largest absolute Gasteiger partial charge is 0.496 e. The molecule has 0 aliphatic carbocycles. The number of fused-ring (bicyclic) bond motifs is 1. The van der Waals surface area contributed by atoms with Gasteiger partial charge in [0, 0.05) is 17.7 Å². The fourth-order valence-electron chi connectivity index (χ4n) is 1.95. The molecular weight excluding hydrogens is 256 g/mol. The summed E-state index contributed by atoms with van der Waals surface area (Å²) in [5.41, 5.74) is 1.91. The van der Waals surface area contributed by atoms with Crippen molar-refractivity contribution in [2.45, 2.75) is 20.3 Å². The third-order valence-corrected chi connectivity index (χ3v) is 3.05. The van der Waals surface area contributed by atoms with Crippen molar-refractivity contribution in [2.24, 2.45) is 0 Å². The minimum Gasteiger partial charge on any atom is -0.496 e. The van der Waals surface area contributed by atoms with Gasteiger partial charge in [-0.05, 0) is 26.3 Å². The standard InChI is InChI=1S/C16H18O4/c1-10(2)5-6-11-7-13-14(19-4)8-12(18-3)9-15(13)20-16(11)17/h5,7-9H,6H2,1-4H3. The summed E-state index contributed by atoms with van der Waals surface area (Å²) in [6, 6.07) is 5.27. The molecule has 0 amide bonds. The van der Waals surface area contributed by atoms with Gasteiger partial charge in [0.25, 0.3) is 0 Å². The van der Waals surface area contributed by atoms with Gasteiger partial charge in [0.1, 0.15) is 17.1 Å². The van der Waals surface area contributed by atoms with Crippen LogP contribution in [0.2, 0.25) is 0 Å². The molecule has 2 rings (SSSR count). The summed E-state index contributed by atoms with van der Waals surface area (Å²) in [5, 5.41) is 0.769. The van der Waals surface area contributed by atoms with Crippen LogP contribution >= 0.6 is 0 Å². The van der Waals surface area contributed by atoms with E-state index in [1.54, 1.807) is 26.4 Å². The Hall–Kier alpha value is -2.23. The van der Waals surface area contributed by atoms with E-state index in [2.05, 4.69) is 0 Å². The fourth-order valence-corrected chi connectivity index (χ4v) is 1.95. The summed E-state index contributed by atoms with van der Waals surface area (Å²) in [6.45, 7) is 3.99. The Kier molecular flexibility index (Phi) is 4.13. The molecule has 1 aromatic carbocycles. The summed E-state index contributed by atoms with van der Waals surface area (Å²) in [6.07, 6.45) is 2.55. The summed E-state index contributed by atoms with van der Waals surface area (Å²) in [4.78, 5) is 12.0. The van der Waals surface area contributed by atoms with Crippen LogP contribution in [0.15, 0.2) is 39.1 Å². The van der Waals surface area contributed by atoms with Crippen molar-refractivity contribution in [1.29, 1.82) is 0 Å². The lowest BCUT2D eigenvalue weighted by Gasteiger charge is -2.08. The molecule has 0 aliphatic rings. The number of hydrogen-bond acceptors (Lipinski definition) is 4. The normalized spacial score (nSPS) is 10.4. The van der Waals surface area contributed by atoms with E-state index >= 15 is 0 Å². The first kappa shape index (κ1) is 14.2. The lowest BCUT2D eigenvalue weighted by atomic mass is 10.1. The lowest BCUT2D eigenvalue weighted by Crippen LogP contribution is -2.06. The zero-order chi connectivity index (χ0) is 14.7. The summed E-state index contributed by atoms with van der Waals surface area (Å²) < 4.78 is 15.9. The molecule has 0 unspecified atom stereocenters. The molecule has 2 aromatic rings. The molecule has 0 atom stereocenters. The Morgan fingerprint density at radius 2 is 1.95 bits per heavy atom. The molecule has 1 heterocycles. The zero-order valence-corrected chi connectivity index (χ0v) is 12.1. The Balaban J connectivity index is 2.62. The average molecular weight is 274 g/mol. The van der Waals surface area contributed by atoms with Crippen molar-refractivity contribution in [3.8, 4) is 11.5 Å². The Labute approximate surface area is 117 Å². The van der Waals surface area contributed by atoms with Crippen molar-refractivity contribution in [2.75, 3.05) is 14.2 Å². The number of rotatable bonds is 4. The van der Waals surface area contributed by atoms with E-state index in [4.69, 9.17) is 13.9 Å². The first-order chi connectivity index (χ1) is 9.55. The molecule has 0 N–H and O–H groups in total. The van der Waals surface area contributed by atoms with Gasteiger partial charge in [-0.3, -0.25) is 0 Å². The van der Waals surface area contributed by atoms with Gasteiger partial charge in [-0.1, -0.05) is 11.6 Å². The Morgan fingerprint density at radius 3 is 2.55 bits per heavy atom. The highest BCUT2D eigenvalue weighted by molar-refractivity contribution is 5.85. The van der Waals surface area contributed by atoms with Gasteiger partial charge in [0.05, 0.1) is 19.6 Å². The summed E-state index contributed by atoms with van der Waals surface area (Å²) in [7, 11) is 3.14. The first-order valence-electron chi connectivity index (χ1n) is 6.37. The van der Waals surface area contributed by atoms with Gasteiger partial charge < -0.3 is 13.9 Å². The van der Waals surface area contributed by atoms with Gasteiger partial charge >= 0.3 is 5.63 Å². The molecular formula is C16H18O4. The third kappa shape index (κ3) is 2.85. The van der Waals surface area contributed by atoms with E-state index in [1.165, 1.54) is 0 Å². The molecule has 0 radical (unpaired) electrons. The van der Waals surface area contributed by atoms with Crippen molar-refractivity contribution in [1.82, 2.24) is 0 Å². The predicted molar refractivity (Wildman–Crippen MR) is 78.7 cm³/mol. The second-order valence-electron chi connectivity index (χ2n) is 4.79. The number of hydrogen-bond donors (Lipinski definition) is 0. The third-order valence-electron chi connectivity index (χ3n) is 3.05. The second-order valence-corrected chi connectivity index (χ2v) is 4.79. The van der Waals surface area contributed by atoms with Crippen molar-refractivity contribution in [3.05, 3.63) is 45.8 Å². The van der Waals surface area contributed by atoms with E-state index in [0.29, 0.717) is 29.1 Å². The molecule has 0 aliphatic heterocycles. The smallest absolute Gasteiger partial charge is 0.339 e. The topological polar surface area (TPSA) is 48.7 Å². The molecule has 4 heteroatoms. The zero-order valence-electron chi connectivity index (χ0n) is 12.1. The van der Waals surface area contributed by atoms with Gasteiger partial charge in [-0.2, -0.15) is 0 Å². The molecule has 0 saturated heterocycles. The summed E-state index contributed by atoms with van der Waals surface area (Å²) >= 11 is 0. The first-order valence-corrected chi connectivity index (χ1v) is 6.37. The number of methoxy groups -OCH3 is 2. The molecule has 4 nitrogen and oxygen atoms in total. The van der Waals surface area contributed by atoms with Crippen LogP contribution in [0.3, 0.4) is 0 Å². The fraction of sp³-hybridized carbons (Fsp3) is 0.312. The second kappa shape index (κ2) is 5.82. The number of benzene rings is 1. The van der Waals surface area contributed by atoms with Crippen LogP contribution in [0.25, 0.3) is 11.0 Å². The van der Waals surface area contributed by atoms with Crippen molar-refractivity contribution in [3.63, 3.8) is 0 Å². The Bertz CT molecular complexity index is 706. The maximum atomic E-state index is 12.0. The monoisotopic (exact) mass is 274 g/mol. The average Bonchev–Trinajstić information content (AvgIpc) is 2.43. The van der Waals surface area contributed by atoms with Crippen LogP contribution in [0.5, 0.6) is 11.5 Å². The highest BCUT2D eigenvalue weighted by atomic mass is 16.5. The highest BCUT2D eigenvalue weighted by Crippen LogP contribution is 2.30. The molecule has 0 fully saturated rings. The number of ether oxygens (including phenoxy) is 2. The lowest BCUT2D eigenvalue weighted by molar-refractivity contribution is 0.396. The van der Waals surface area contributed by atoms with Crippen LogP contribution in [-0.4, -0.2) is 14.2 Å².